The third-order valence-electron chi connectivity index (χ3n) is 2.91. The van der Waals surface area contributed by atoms with Crippen LogP contribution >= 0.6 is 31.9 Å². The van der Waals surface area contributed by atoms with Crippen molar-refractivity contribution in [2.24, 2.45) is 5.73 Å². The molecule has 0 saturated carbocycles. The molecule has 0 amide bonds. The molecule has 0 aliphatic heterocycles. The summed E-state index contributed by atoms with van der Waals surface area (Å²) in [6.45, 7) is 4.06. The molecule has 4 heteroatoms. The maximum atomic E-state index is 5.96. The smallest absolute Gasteiger partial charge is 0.141 e. The zero-order chi connectivity index (χ0) is 14.7. The molecular formula is C16H17Br2NO. The molecule has 2 N–H and O–H groups in total. The zero-order valence-corrected chi connectivity index (χ0v) is 14.7. The SMILES string of the molecule is Cc1cc(CC(C)N)ccc1Oc1ccc(Br)cc1Br. The van der Waals surface area contributed by atoms with Crippen LogP contribution in [0.15, 0.2) is 45.3 Å². The molecule has 0 aromatic heterocycles. The predicted molar refractivity (Wildman–Crippen MR) is 90.4 cm³/mol. The van der Waals surface area contributed by atoms with Crippen LogP contribution in [0.25, 0.3) is 0 Å². The summed E-state index contributed by atoms with van der Waals surface area (Å²) >= 11 is 6.94. The molecular weight excluding hydrogens is 382 g/mol. The fourth-order valence-electron chi connectivity index (χ4n) is 2.00. The van der Waals surface area contributed by atoms with Gasteiger partial charge in [-0.2, -0.15) is 0 Å². The molecule has 2 rings (SSSR count). The summed E-state index contributed by atoms with van der Waals surface area (Å²) < 4.78 is 7.89. The first-order valence-corrected chi connectivity index (χ1v) is 8.02. The van der Waals surface area contributed by atoms with Crippen molar-refractivity contribution in [2.45, 2.75) is 26.3 Å². The van der Waals surface area contributed by atoms with E-state index in [0.29, 0.717) is 0 Å². The number of aryl methyl sites for hydroxylation is 1. The van der Waals surface area contributed by atoms with E-state index >= 15 is 0 Å². The number of ether oxygens (including phenoxy) is 1. The molecule has 2 aromatic rings. The molecule has 0 heterocycles. The van der Waals surface area contributed by atoms with Gasteiger partial charge in [-0.15, -0.1) is 0 Å². The van der Waals surface area contributed by atoms with Crippen molar-refractivity contribution in [3.63, 3.8) is 0 Å². The summed E-state index contributed by atoms with van der Waals surface area (Å²) in [6.07, 6.45) is 0.878. The van der Waals surface area contributed by atoms with Gasteiger partial charge in [-0.3, -0.25) is 0 Å². The summed E-state index contributed by atoms with van der Waals surface area (Å²) in [6, 6.07) is 12.2. The van der Waals surface area contributed by atoms with Crippen molar-refractivity contribution >= 4 is 31.9 Å². The highest BCUT2D eigenvalue weighted by Gasteiger charge is 2.07. The highest BCUT2D eigenvalue weighted by Crippen LogP contribution is 2.33. The molecule has 2 nitrogen and oxygen atoms in total. The molecule has 106 valence electrons. The van der Waals surface area contributed by atoms with Gasteiger partial charge in [0, 0.05) is 10.5 Å². The summed E-state index contributed by atoms with van der Waals surface area (Å²) in [5.41, 5.74) is 8.17. The second kappa shape index (κ2) is 6.74. The van der Waals surface area contributed by atoms with E-state index in [-0.39, 0.29) is 6.04 Å². The molecule has 0 aliphatic carbocycles. The average Bonchev–Trinajstić information content (AvgIpc) is 2.34. The highest BCUT2D eigenvalue weighted by molar-refractivity contribution is 9.11. The van der Waals surface area contributed by atoms with Gasteiger partial charge in [0.1, 0.15) is 11.5 Å². The molecule has 0 fully saturated rings. The number of nitrogens with two attached hydrogens (primary N) is 1. The van der Waals surface area contributed by atoms with Gasteiger partial charge >= 0.3 is 0 Å². The Bertz CT molecular complexity index is 611. The number of hydrogen-bond acceptors (Lipinski definition) is 2. The Balaban J connectivity index is 2.21. The third-order valence-corrected chi connectivity index (χ3v) is 4.02. The number of hydrogen-bond donors (Lipinski definition) is 1. The lowest BCUT2D eigenvalue weighted by Gasteiger charge is -2.12. The van der Waals surface area contributed by atoms with Gasteiger partial charge in [-0.1, -0.05) is 28.1 Å². The second-order valence-electron chi connectivity index (χ2n) is 4.96. The molecule has 1 atom stereocenters. The van der Waals surface area contributed by atoms with Gasteiger partial charge in [0.15, 0.2) is 0 Å². The van der Waals surface area contributed by atoms with Crippen LogP contribution < -0.4 is 10.5 Å². The van der Waals surface area contributed by atoms with E-state index in [4.69, 9.17) is 10.5 Å². The monoisotopic (exact) mass is 397 g/mol. The first kappa shape index (κ1) is 15.5. The van der Waals surface area contributed by atoms with Gasteiger partial charge < -0.3 is 10.5 Å². The number of rotatable bonds is 4. The molecule has 0 radical (unpaired) electrons. The van der Waals surface area contributed by atoms with Gasteiger partial charge in [0.2, 0.25) is 0 Å². The summed E-state index contributed by atoms with van der Waals surface area (Å²) in [7, 11) is 0. The van der Waals surface area contributed by atoms with Gasteiger partial charge in [-0.25, -0.2) is 0 Å². The number of benzene rings is 2. The third kappa shape index (κ3) is 4.08. The van der Waals surface area contributed by atoms with Crippen LogP contribution in [0.3, 0.4) is 0 Å². The average molecular weight is 399 g/mol. The second-order valence-corrected chi connectivity index (χ2v) is 6.73. The lowest BCUT2D eigenvalue weighted by molar-refractivity contribution is 0.475. The van der Waals surface area contributed by atoms with Crippen LogP contribution in [0, 0.1) is 6.92 Å². The minimum atomic E-state index is 0.168. The van der Waals surface area contributed by atoms with Crippen molar-refractivity contribution in [3.05, 3.63) is 56.5 Å². The molecule has 2 aromatic carbocycles. The van der Waals surface area contributed by atoms with Crippen LogP contribution in [-0.2, 0) is 6.42 Å². The molecule has 0 aliphatic rings. The summed E-state index contributed by atoms with van der Waals surface area (Å²) in [5, 5.41) is 0. The Morgan fingerprint density at radius 2 is 1.80 bits per heavy atom. The van der Waals surface area contributed by atoms with E-state index in [1.807, 2.05) is 38.1 Å². The quantitative estimate of drug-likeness (QED) is 0.767. The van der Waals surface area contributed by atoms with Crippen molar-refractivity contribution in [1.82, 2.24) is 0 Å². The van der Waals surface area contributed by atoms with E-state index in [9.17, 15) is 0 Å². The Morgan fingerprint density at radius 1 is 1.10 bits per heavy atom. The van der Waals surface area contributed by atoms with E-state index in [1.54, 1.807) is 0 Å². The van der Waals surface area contributed by atoms with Crippen LogP contribution in [0.4, 0.5) is 0 Å². The van der Waals surface area contributed by atoms with Crippen molar-refractivity contribution in [1.29, 1.82) is 0 Å². The van der Waals surface area contributed by atoms with Crippen LogP contribution in [-0.4, -0.2) is 6.04 Å². The lowest BCUT2D eigenvalue weighted by atomic mass is 10.0. The van der Waals surface area contributed by atoms with Gasteiger partial charge in [-0.05, 0) is 71.6 Å². The first-order valence-electron chi connectivity index (χ1n) is 6.43. The van der Waals surface area contributed by atoms with E-state index in [2.05, 4.69) is 44.0 Å². The Morgan fingerprint density at radius 3 is 2.40 bits per heavy atom. The fourth-order valence-corrected chi connectivity index (χ4v) is 3.13. The normalized spacial score (nSPS) is 12.2. The van der Waals surface area contributed by atoms with E-state index in [1.165, 1.54) is 5.56 Å². The predicted octanol–water partition coefficient (Wildman–Crippen LogP) is 5.20. The van der Waals surface area contributed by atoms with Gasteiger partial charge in [0.25, 0.3) is 0 Å². The highest BCUT2D eigenvalue weighted by atomic mass is 79.9. The Hall–Kier alpha value is -0.840. The van der Waals surface area contributed by atoms with Crippen molar-refractivity contribution in [2.75, 3.05) is 0 Å². The minimum Gasteiger partial charge on any atom is -0.456 e. The first-order chi connectivity index (χ1) is 9.45. The number of halogens is 2. The van der Waals surface area contributed by atoms with Crippen LogP contribution in [0.1, 0.15) is 18.1 Å². The van der Waals surface area contributed by atoms with Crippen LogP contribution in [0.5, 0.6) is 11.5 Å². The summed E-state index contributed by atoms with van der Waals surface area (Å²) in [5.74, 6) is 1.66. The maximum Gasteiger partial charge on any atom is 0.141 e. The van der Waals surface area contributed by atoms with Crippen molar-refractivity contribution < 1.29 is 4.74 Å². The van der Waals surface area contributed by atoms with Crippen molar-refractivity contribution in [3.8, 4) is 11.5 Å². The van der Waals surface area contributed by atoms with E-state index in [0.717, 1.165) is 32.4 Å². The molecule has 1 unspecified atom stereocenters. The molecule has 0 saturated heterocycles. The largest absolute Gasteiger partial charge is 0.456 e. The maximum absolute atomic E-state index is 5.96. The van der Waals surface area contributed by atoms with E-state index < -0.39 is 0 Å². The zero-order valence-electron chi connectivity index (χ0n) is 11.5. The van der Waals surface area contributed by atoms with Crippen LogP contribution in [0.2, 0.25) is 0 Å². The minimum absolute atomic E-state index is 0.168. The standard InChI is InChI=1S/C16H17Br2NO/c1-10-7-12(8-11(2)19)3-5-15(10)20-16-6-4-13(17)9-14(16)18/h3-7,9,11H,8,19H2,1-2H3. The summed E-state index contributed by atoms with van der Waals surface area (Å²) in [4.78, 5) is 0. The Kier molecular flexibility index (Phi) is 5.24. The Labute approximate surface area is 136 Å². The van der Waals surface area contributed by atoms with Gasteiger partial charge in [0.05, 0.1) is 4.47 Å². The molecule has 0 bridgehead atoms. The lowest BCUT2D eigenvalue weighted by Crippen LogP contribution is -2.17. The fraction of sp³-hybridized carbons (Fsp3) is 0.250. The topological polar surface area (TPSA) is 35.2 Å². The molecule has 0 spiro atoms. The molecule has 20 heavy (non-hydrogen) atoms.